The first-order valence-corrected chi connectivity index (χ1v) is 11.8. The Bertz CT molecular complexity index is 1280. The van der Waals surface area contributed by atoms with Gasteiger partial charge in [-0.05, 0) is 76.1 Å². The second kappa shape index (κ2) is 10.1. The van der Waals surface area contributed by atoms with Crippen molar-refractivity contribution in [2.24, 2.45) is 0 Å². The highest BCUT2D eigenvalue weighted by Gasteiger charge is 2.22. The Morgan fingerprint density at radius 3 is 2.71 bits per heavy atom. The second-order valence-electron chi connectivity index (χ2n) is 9.55. The Balaban J connectivity index is 1.66. The lowest BCUT2D eigenvalue weighted by Gasteiger charge is -2.19. The number of benzene rings is 1. The standard InChI is InChI=1S/C27H31N7O/c1-17(2)31-26(35)21-15-30-25(32-20-9-8-18-10-11-29-14-19(18)12-20)13-22(21)33-24-7-5-6-23(34-24)27(3,4)16-28/h5-9,12-13,15,17,29H,10-11,14H2,1-4H3,(H,31,35)(H2,30,32,33,34). The number of pyridine rings is 2. The van der Waals surface area contributed by atoms with Crippen LogP contribution in [0.4, 0.5) is 23.0 Å². The van der Waals surface area contributed by atoms with Crippen LogP contribution in [-0.4, -0.2) is 28.5 Å². The fraction of sp³-hybridized carbons (Fsp3) is 0.333. The first-order chi connectivity index (χ1) is 16.7. The Morgan fingerprint density at radius 2 is 1.94 bits per heavy atom. The van der Waals surface area contributed by atoms with Gasteiger partial charge in [0.25, 0.3) is 5.91 Å². The Hall–Kier alpha value is -3.96. The van der Waals surface area contributed by atoms with Crippen LogP contribution in [0.2, 0.25) is 0 Å². The smallest absolute Gasteiger partial charge is 0.255 e. The largest absolute Gasteiger partial charge is 0.350 e. The van der Waals surface area contributed by atoms with Crippen LogP contribution in [0.25, 0.3) is 0 Å². The summed E-state index contributed by atoms with van der Waals surface area (Å²) in [4.78, 5) is 22.0. The highest BCUT2D eigenvalue weighted by molar-refractivity contribution is 6.00. The lowest BCUT2D eigenvalue weighted by atomic mass is 9.91. The van der Waals surface area contributed by atoms with Gasteiger partial charge >= 0.3 is 0 Å². The third-order valence-electron chi connectivity index (χ3n) is 5.87. The van der Waals surface area contributed by atoms with Gasteiger partial charge in [0, 0.05) is 30.5 Å². The average Bonchev–Trinajstić information content (AvgIpc) is 2.84. The molecule has 4 rings (SSSR count). The van der Waals surface area contributed by atoms with Gasteiger partial charge in [-0.2, -0.15) is 5.26 Å². The highest BCUT2D eigenvalue weighted by Crippen LogP contribution is 2.28. The van der Waals surface area contributed by atoms with Crippen molar-refractivity contribution >= 4 is 28.9 Å². The van der Waals surface area contributed by atoms with Gasteiger partial charge in [0.1, 0.15) is 11.6 Å². The molecule has 0 spiro atoms. The Kier molecular flexibility index (Phi) is 6.99. The van der Waals surface area contributed by atoms with Gasteiger partial charge < -0.3 is 21.3 Å². The van der Waals surface area contributed by atoms with Crippen molar-refractivity contribution in [1.29, 1.82) is 5.26 Å². The number of amides is 1. The summed E-state index contributed by atoms with van der Waals surface area (Å²) in [5.41, 5.74) is 4.45. The minimum atomic E-state index is -0.734. The van der Waals surface area contributed by atoms with Crippen molar-refractivity contribution in [3.63, 3.8) is 0 Å². The Labute approximate surface area is 206 Å². The number of fused-ring (bicyclic) bond motifs is 1. The topological polar surface area (TPSA) is 115 Å². The van der Waals surface area contributed by atoms with E-state index in [0.29, 0.717) is 28.6 Å². The van der Waals surface area contributed by atoms with Crippen molar-refractivity contribution in [3.8, 4) is 6.07 Å². The predicted octanol–water partition coefficient (Wildman–Crippen LogP) is 4.55. The number of hydrogen-bond acceptors (Lipinski definition) is 7. The van der Waals surface area contributed by atoms with Gasteiger partial charge in [0.2, 0.25) is 0 Å². The third kappa shape index (κ3) is 5.76. The molecule has 0 unspecified atom stereocenters. The molecule has 0 saturated heterocycles. The number of rotatable bonds is 7. The van der Waals surface area contributed by atoms with Crippen molar-refractivity contribution in [2.75, 3.05) is 17.2 Å². The molecule has 3 aromatic rings. The molecule has 0 atom stereocenters. The molecule has 8 heteroatoms. The number of carbonyl (C=O) groups is 1. The predicted molar refractivity (Wildman–Crippen MR) is 138 cm³/mol. The van der Waals surface area contributed by atoms with Gasteiger partial charge in [-0.3, -0.25) is 4.79 Å². The normalized spacial score (nSPS) is 13.0. The molecule has 0 bridgehead atoms. The van der Waals surface area contributed by atoms with Crippen molar-refractivity contribution < 1.29 is 4.79 Å². The zero-order valence-corrected chi connectivity index (χ0v) is 20.6. The average molecular weight is 470 g/mol. The zero-order chi connectivity index (χ0) is 25.0. The summed E-state index contributed by atoms with van der Waals surface area (Å²) in [6.07, 6.45) is 2.58. The summed E-state index contributed by atoms with van der Waals surface area (Å²) in [5.74, 6) is 0.919. The number of nitriles is 1. The quantitative estimate of drug-likeness (QED) is 0.401. The van der Waals surface area contributed by atoms with Crippen LogP contribution in [0.1, 0.15) is 54.9 Å². The molecule has 8 nitrogen and oxygen atoms in total. The van der Waals surface area contributed by atoms with Gasteiger partial charge in [0.15, 0.2) is 0 Å². The molecule has 0 aliphatic carbocycles. The van der Waals surface area contributed by atoms with Crippen molar-refractivity contribution in [1.82, 2.24) is 20.6 Å². The van der Waals surface area contributed by atoms with Crippen molar-refractivity contribution in [2.45, 2.75) is 52.1 Å². The van der Waals surface area contributed by atoms with E-state index in [4.69, 9.17) is 0 Å². The molecule has 35 heavy (non-hydrogen) atoms. The van der Waals surface area contributed by atoms with Crippen LogP contribution in [-0.2, 0) is 18.4 Å². The number of anilines is 4. The second-order valence-corrected chi connectivity index (χ2v) is 9.55. The SMILES string of the molecule is CC(C)NC(=O)c1cnc(Nc2ccc3c(c2)CNCC3)cc1Nc1cccc(C(C)(C)C#N)n1. The summed E-state index contributed by atoms with van der Waals surface area (Å²) in [7, 11) is 0. The number of carbonyl (C=O) groups excluding carboxylic acids is 1. The molecule has 4 N–H and O–H groups in total. The van der Waals surface area contributed by atoms with E-state index in [1.165, 1.54) is 11.1 Å². The third-order valence-corrected chi connectivity index (χ3v) is 5.87. The van der Waals surface area contributed by atoms with Gasteiger partial charge in [-0.25, -0.2) is 9.97 Å². The van der Waals surface area contributed by atoms with Crippen LogP contribution >= 0.6 is 0 Å². The van der Waals surface area contributed by atoms with Crippen LogP contribution < -0.4 is 21.3 Å². The minimum absolute atomic E-state index is 0.0184. The molecular formula is C27H31N7O. The van der Waals surface area contributed by atoms with E-state index in [-0.39, 0.29) is 11.9 Å². The van der Waals surface area contributed by atoms with Crippen molar-refractivity contribution in [3.05, 3.63) is 71.0 Å². The number of nitrogens with zero attached hydrogens (tertiary/aromatic N) is 3. The summed E-state index contributed by atoms with van der Waals surface area (Å²) in [6.45, 7) is 9.31. The maximum absolute atomic E-state index is 12.9. The van der Waals surface area contributed by atoms with Gasteiger partial charge in [-0.15, -0.1) is 0 Å². The van der Waals surface area contributed by atoms with E-state index < -0.39 is 5.41 Å². The van der Waals surface area contributed by atoms with Crippen LogP contribution in [0.5, 0.6) is 0 Å². The van der Waals surface area contributed by atoms with Crippen LogP contribution in [0.3, 0.4) is 0 Å². The number of hydrogen-bond donors (Lipinski definition) is 4. The Morgan fingerprint density at radius 1 is 1.11 bits per heavy atom. The summed E-state index contributed by atoms with van der Waals surface area (Å²) in [6, 6.07) is 15.9. The molecular weight excluding hydrogens is 438 g/mol. The number of aromatic nitrogens is 2. The highest BCUT2D eigenvalue weighted by atomic mass is 16.1. The molecule has 3 heterocycles. The van der Waals surface area contributed by atoms with E-state index in [2.05, 4.69) is 49.4 Å². The summed E-state index contributed by atoms with van der Waals surface area (Å²) >= 11 is 0. The monoisotopic (exact) mass is 469 g/mol. The summed E-state index contributed by atoms with van der Waals surface area (Å²) < 4.78 is 0. The lowest BCUT2D eigenvalue weighted by molar-refractivity contribution is 0.0943. The van der Waals surface area contributed by atoms with E-state index in [0.717, 1.165) is 25.2 Å². The van der Waals surface area contributed by atoms with Gasteiger partial charge in [0.05, 0.1) is 28.4 Å². The molecule has 1 amide bonds. The molecule has 1 aliphatic rings. The first-order valence-electron chi connectivity index (χ1n) is 11.8. The van der Waals surface area contributed by atoms with Crippen LogP contribution in [0, 0.1) is 11.3 Å². The van der Waals surface area contributed by atoms with E-state index in [1.807, 2.05) is 52.0 Å². The van der Waals surface area contributed by atoms with Crippen LogP contribution in [0.15, 0.2) is 48.7 Å². The molecule has 2 aromatic heterocycles. The number of nitrogens with one attached hydrogen (secondary N) is 4. The van der Waals surface area contributed by atoms with Gasteiger partial charge in [-0.1, -0.05) is 12.1 Å². The summed E-state index contributed by atoms with van der Waals surface area (Å²) in [5, 5.41) is 22.4. The molecule has 1 aromatic carbocycles. The minimum Gasteiger partial charge on any atom is -0.350 e. The molecule has 1 aliphatic heterocycles. The molecule has 180 valence electrons. The molecule has 0 radical (unpaired) electrons. The molecule has 0 saturated carbocycles. The van der Waals surface area contributed by atoms with E-state index in [9.17, 15) is 10.1 Å². The maximum Gasteiger partial charge on any atom is 0.255 e. The fourth-order valence-electron chi connectivity index (χ4n) is 3.90. The maximum atomic E-state index is 12.9. The van der Waals surface area contributed by atoms with E-state index >= 15 is 0 Å². The molecule has 0 fully saturated rings. The van der Waals surface area contributed by atoms with E-state index in [1.54, 1.807) is 12.3 Å². The lowest BCUT2D eigenvalue weighted by Crippen LogP contribution is -2.30. The fourth-order valence-corrected chi connectivity index (χ4v) is 3.90. The first kappa shape index (κ1) is 24.2. The zero-order valence-electron chi connectivity index (χ0n) is 20.6.